The lowest BCUT2D eigenvalue weighted by Crippen LogP contribution is -2.38. The SMILES string of the molecule is C=CC1COC(C2CCC(CCc3cc(F)c(CCO)c(F)c3)CC2)OC1. The fourth-order valence-electron chi connectivity index (χ4n) is 4.21. The predicted octanol–water partition coefficient (Wildman–Crippen LogP) is 4.41. The Hall–Kier alpha value is -1.30. The van der Waals surface area contributed by atoms with Crippen LogP contribution in [0.15, 0.2) is 24.8 Å². The first-order valence-corrected chi connectivity index (χ1v) is 10.0. The second-order valence-electron chi connectivity index (χ2n) is 7.86. The minimum atomic E-state index is -0.549. The van der Waals surface area contributed by atoms with Crippen LogP contribution in [0.4, 0.5) is 8.78 Å². The van der Waals surface area contributed by atoms with Crippen molar-refractivity contribution in [3.63, 3.8) is 0 Å². The van der Waals surface area contributed by atoms with Gasteiger partial charge in [-0.3, -0.25) is 0 Å². The zero-order valence-electron chi connectivity index (χ0n) is 15.8. The smallest absolute Gasteiger partial charge is 0.160 e. The zero-order valence-corrected chi connectivity index (χ0v) is 15.8. The summed E-state index contributed by atoms with van der Waals surface area (Å²) >= 11 is 0. The van der Waals surface area contributed by atoms with Crippen LogP contribution >= 0.6 is 0 Å². The van der Waals surface area contributed by atoms with E-state index < -0.39 is 11.6 Å². The minimum absolute atomic E-state index is 0.0147. The van der Waals surface area contributed by atoms with E-state index in [1.165, 1.54) is 12.1 Å². The summed E-state index contributed by atoms with van der Waals surface area (Å²) in [6, 6.07) is 2.83. The molecule has 1 aliphatic carbocycles. The topological polar surface area (TPSA) is 38.7 Å². The third-order valence-corrected chi connectivity index (χ3v) is 5.96. The molecule has 27 heavy (non-hydrogen) atoms. The maximum absolute atomic E-state index is 14.0. The molecule has 0 bridgehead atoms. The van der Waals surface area contributed by atoms with Crippen LogP contribution in [0.2, 0.25) is 0 Å². The van der Waals surface area contributed by atoms with Crippen molar-refractivity contribution >= 4 is 0 Å². The molecule has 0 amide bonds. The Balaban J connectivity index is 1.44. The van der Waals surface area contributed by atoms with Crippen molar-refractivity contribution in [3.8, 4) is 0 Å². The van der Waals surface area contributed by atoms with Crippen LogP contribution in [0.3, 0.4) is 0 Å². The van der Waals surface area contributed by atoms with Crippen LogP contribution in [0.1, 0.15) is 43.2 Å². The average molecular weight is 380 g/mol. The van der Waals surface area contributed by atoms with Gasteiger partial charge >= 0.3 is 0 Å². The summed E-state index contributed by atoms with van der Waals surface area (Å²) in [5, 5.41) is 8.90. The van der Waals surface area contributed by atoms with Crippen molar-refractivity contribution in [2.24, 2.45) is 17.8 Å². The predicted molar refractivity (Wildman–Crippen MR) is 100 cm³/mol. The number of benzene rings is 1. The van der Waals surface area contributed by atoms with E-state index in [1.807, 2.05) is 6.08 Å². The highest BCUT2D eigenvalue weighted by molar-refractivity contribution is 5.26. The fraction of sp³-hybridized carbons (Fsp3) is 0.636. The minimum Gasteiger partial charge on any atom is -0.396 e. The molecule has 0 spiro atoms. The molecule has 1 N–H and O–H groups in total. The van der Waals surface area contributed by atoms with E-state index >= 15 is 0 Å². The number of aryl methyl sites for hydroxylation is 1. The van der Waals surface area contributed by atoms with E-state index in [1.54, 1.807) is 0 Å². The molecule has 2 fully saturated rings. The van der Waals surface area contributed by atoms with E-state index in [2.05, 4.69) is 6.58 Å². The number of rotatable bonds is 7. The molecule has 5 heteroatoms. The van der Waals surface area contributed by atoms with Gasteiger partial charge in [-0.1, -0.05) is 6.08 Å². The van der Waals surface area contributed by atoms with Gasteiger partial charge in [-0.2, -0.15) is 0 Å². The van der Waals surface area contributed by atoms with Gasteiger partial charge in [-0.05, 0) is 62.1 Å². The molecule has 150 valence electrons. The van der Waals surface area contributed by atoms with Crippen LogP contribution < -0.4 is 0 Å². The van der Waals surface area contributed by atoms with Gasteiger partial charge in [0.05, 0.1) is 13.2 Å². The second-order valence-corrected chi connectivity index (χ2v) is 7.86. The highest BCUT2D eigenvalue weighted by atomic mass is 19.1. The molecule has 0 radical (unpaired) electrons. The average Bonchev–Trinajstić information content (AvgIpc) is 2.70. The lowest BCUT2D eigenvalue weighted by Gasteiger charge is -2.37. The Morgan fingerprint density at radius 1 is 1.04 bits per heavy atom. The first kappa shape index (κ1) is 20.4. The second kappa shape index (κ2) is 9.76. The molecule has 3 nitrogen and oxygen atoms in total. The van der Waals surface area contributed by atoms with E-state index in [9.17, 15) is 8.78 Å². The van der Waals surface area contributed by atoms with Crippen LogP contribution in [0, 0.1) is 29.4 Å². The van der Waals surface area contributed by atoms with Crippen molar-refractivity contribution in [2.45, 2.75) is 51.2 Å². The number of halogens is 2. The molecule has 0 aromatic heterocycles. The lowest BCUT2D eigenvalue weighted by molar-refractivity contribution is -0.222. The third-order valence-electron chi connectivity index (χ3n) is 5.96. The van der Waals surface area contributed by atoms with Crippen molar-refractivity contribution in [2.75, 3.05) is 19.8 Å². The maximum atomic E-state index is 14.0. The Labute approximate surface area is 160 Å². The number of hydrogen-bond acceptors (Lipinski definition) is 3. The van der Waals surface area contributed by atoms with Gasteiger partial charge in [0.2, 0.25) is 0 Å². The summed E-state index contributed by atoms with van der Waals surface area (Å²) < 4.78 is 39.7. The number of ether oxygens (including phenoxy) is 2. The van der Waals surface area contributed by atoms with Gasteiger partial charge < -0.3 is 14.6 Å². The zero-order chi connectivity index (χ0) is 19.2. The number of aliphatic hydroxyl groups is 1. The van der Waals surface area contributed by atoms with Gasteiger partial charge in [-0.25, -0.2) is 8.78 Å². The standard InChI is InChI=1S/C22H30F2O3/c1-2-15-13-26-22(27-14-15)18-7-5-16(6-8-18)3-4-17-11-20(23)19(9-10-25)21(24)12-17/h2,11-12,15-16,18,22,25H,1,3-10,13-14H2. The first-order chi connectivity index (χ1) is 13.1. The van der Waals surface area contributed by atoms with Gasteiger partial charge in [0.25, 0.3) is 0 Å². The van der Waals surface area contributed by atoms with Gasteiger partial charge in [0.1, 0.15) is 11.6 Å². The summed E-state index contributed by atoms with van der Waals surface area (Å²) in [6.07, 6.45) is 7.78. The molecular formula is C22H30F2O3. The van der Waals surface area contributed by atoms with Crippen LogP contribution in [-0.4, -0.2) is 31.2 Å². The molecule has 1 aliphatic heterocycles. The van der Waals surface area contributed by atoms with Crippen LogP contribution in [0.5, 0.6) is 0 Å². The summed E-state index contributed by atoms with van der Waals surface area (Å²) in [5.41, 5.74) is 0.677. The van der Waals surface area contributed by atoms with E-state index in [0.717, 1.165) is 32.1 Å². The molecule has 2 aliphatic rings. The molecule has 0 atom stereocenters. The normalized spacial score (nSPS) is 28.9. The summed E-state index contributed by atoms with van der Waals surface area (Å²) in [6.45, 7) is 4.92. The summed E-state index contributed by atoms with van der Waals surface area (Å²) in [5.74, 6) is 0.218. The highest BCUT2D eigenvalue weighted by Gasteiger charge is 2.31. The van der Waals surface area contributed by atoms with Crippen LogP contribution in [0.25, 0.3) is 0 Å². The van der Waals surface area contributed by atoms with Gasteiger partial charge in [0.15, 0.2) is 6.29 Å². The fourth-order valence-corrected chi connectivity index (χ4v) is 4.21. The van der Waals surface area contributed by atoms with Crippen molar-refractivity contribution in [1.82, 2.24) is 0 Å². The Bertz CT molecular complexity index is 595. The Morgan fingerprint density at radius 3 is 2.22 bits per heavy atom. The molecule has 0 unspecified atom stereocenters. The number of aliphatic hydroxyl groups excluding tert-OH is 1. The molecule has 1 aromatic carbocycles. The Kier molecular flexibility index (Phi) is 7.39. The first-order valence-electron chi connectivity index (χ1n) is 10.0. The van der Waals surface area contributed by atoms with Crippen molar-refractivity contribution in [1.29, 1.82) is 0 Å². The molecule has 1 heterocycles. The van der Waals surface area contributed by atoms with Crippen molar-refractivity contribution < 1.29 is 23.4 Å². The van der Waals surface area contributed by atoms with Crippen molar-refractivity contribution in [3.05, 3.63) is 47.5 Å². The largest absolute Gasteiger partial charge is 0.396 e. The quantitative estimate of drug-likeness (QED) is 0.712. The van der Waals surface area contributed by atoms with E-state index in [-0.39, 0.29) is 24.9 Å². The summed E-state index contributed by atoms with van der Waals surface area (Å²) in [7, 11) is 0. The molecule has 3 rings (SSSR count). The summed E-state index contributed by atoms with van der Waals surface area (Å²) in [4.78, 5) is 0. The Morgan fingerprint density at radius 2 is 1.67 bits per heavy atom. The highest BCUT2D eigenvalue weighted by Crippen LogP contribution is 2.36. The number of hydrogen-bond donors (Lipinski definition) is 1. The maximum Gasteiger partial charge on any atom is 0.160 e. The molecule has 1 saturated heterocycles. The molecular weight excluding hydrogens is 350 g/mol. The van der Waals surface area contributed by atoms with Crippen LogP contribution in [-0.2, 0) is 22.3 Å². The monoisotopic (exact) mass is 380 g/mol. The third kappa shape index (κ3) is 5.37. The van der Waals surface area contributed by atoms with E-state index in [4.69, 9.17) is 14.6 Å². The van der Waals surface area contributed by atoms with E-state index in [0.29, 0.717) is 43.0 Å². The molecule has 1 saturated carbocycles. The molecule has 1 aromatic rings. The van der Waals surface area contributed by atoms with Gasteiger partial charge in [-0.15, -0.1) is 6.58 Å². The van der Waals surface area contributed by atoms with Gasteiger partial charge in [0, 0.05) is 30.4 Å². The lowest BCUT2D eigenvalue weighted by atomic mass is 9.79.